The van der Waals surface area contributed by atoms with Crippen molar-refractivity contribution < 1.29 is 18.6 Å². The van der Waals surface area contributed by atoms with E-state index in [1.165, 1.54) is 4.57 Å². The number of imidazole rings is 1. The standard InChI is InChI=1S/C22H28F2N8O2/c1-30-8-6-22(33,7-9-30)14-25-19-27-20(31-10-12-34-13-11-31)29-21(28-19)32-16-5-3-2-4-15(16)26-18(32)17(23)24/h2-5,17,33H,6-14H2,1H3,(H,25,27,28,29). The van der Waals surface area contributed by atoms with E-state index < -0.39 is 17.9 Å². The number of halogens is 2. The van der Waals surface area contributed by atoms with Crippen LogP contribution in [0.15, 0.2) is 24.3 Å². The highest BCUT2D eigenvalue weighted by molar-refractivity contribution is 5.77. The van der Waals surface area contributed by atoms with Crippen molar-refractivity contribution in [2.75, 3.05) is 63.2 Å². The first-order chi connectivity index (χ1) is 16.4. The number of morpholine rings is 1. The van der Waals surface area contributed by atoms with Crippen LogP contribution in [0.2, 0.25) is 0 Å². The minimum atomic E-state index is -2.81. The number of aliphatic hydroxyl groups is 1. The van der Waals surface area contributed by atoms with Gasteiger partial charge in [-0.15, -0.1) is 0 Å². The SMILES string of the molecule is CN1CCC(O)(CNc2nc(N3CCOCC3)nc(-n3c(C(F)F)nc4ccccc43)n2)CC1. The third-order valence-corrected chi connectivity index (χ3v) is 6.38. The Morgan fingerprint density at radius 3 is 2.47 bits per heavy atom. The average molecular weight is 475 g/mol. The Labute approximate surface area is 195 Å². The lowest BCUT2D eigenvalue weighted by atomic mass is 9.92. The first kappa shape index (κ1) is 22.8. The average Bonchev–Trinajstić information content (AvgIpc) is 3.25. The molecule has 0 spiro atoms. The summed E-state index contributed by atoms with van der Waals surface area (Å²) in [6.45, 7) is 4.02. The van der Waals surface area contributed by atoms with Crippen LogP contribution in [-0.2, 0) is 4.74 Å². The summed E-state index contributed by atoms with van der Waals surface area (Å²) < 4.78 is 34.6. The van der Waals surface area contributed by atoms with Crippen molar-refractivity contribution in [3.63, 3.8) is 0 Å². The van der Waals surface area contributed by atoms with Crippen molar-refractivity contribution in [2.45, 2.75) is 24.9 Å². The molecule has 2 N–H and O–H groups in total. The topological polar surface area (TPSA) is 104 Å². The van der Waals surface area contributed by atoms with Crippen molar-refractivity contribution in [1.29, 1.82) is 0 Å². The number of nitrogens with zero attached hydrogens (tertiary/aromatic N) is 7. The van der Waals surface area contributed by atoms with Crippen molar-refractivity contribution >= 4 is 22.9 Å². The number of alkyl halides is 2. The Morgan fingerprint density at radius 1 is 1.03 bits per heavy atom. The fourth-order valence-electron chi connectivity index (χ4n) is 4.29. The largest absolute Gasteiger partial charge is 0.388 e. The van der Waals surface area contributed by atoms with E-state index in [2.05, 4.69) is 30.2 Å². The molecule has 12 heteroatoms. The van der Waals surface area contributed by atoms with Crippen LogP contribution in [0.1, 0.15) is 25.1 Å². The molecule has 2 saturated heterocycles. The van der Waals surface area contributed by atoms with E-state index in [1.54, 1.807) is 24.3 Å². The third-order valence-electron chi connectivity index (χ3n) is 6.38. The Bertz CT molecular complexity index is 1140. The summed E-state index contributed by atoms with van der Waals surface area (Å²) >= 11 is 0. The van der Waals surface area contributed by atoms with Gasteiger partial charge in [0.2, 0.25) is 17.8 Å². The van der Waals surface area contributed by atoms with Crippen molar-refractivity contribution in [1.82, 2.24) is 29.4 Å². The number of anilines is 2. The van der Waals surface area contributed by atoms with Crippen molar-refractivity contribution in [2.24, 2.45) is 0 Å². The molecule has 0 aliphatic carbocycles. The number of rotatable bonds is 6. The number of hydrogen-bond acceptors (Lipinski definition) is 9. The molecule has 0 amide bonds. The predicted octanol–water partition coefficient (Wildman–Crippen LogP) is 1.85. The molecule has 4 heterocycles. The fraction of sp³-hybridized carbons (Fsp3) is 0.545. The summed E-state index contributed by atoms with van der Waals surface area (Å²) in [6.07, 6.45) is -1.58. The Hall–Kier alpha value is -2.96. The van der Waals surface area contributed by atoms with Gasteiger partial charge in [-0.3, -0.25) is 4.57 Å². The molecule has 182 valence electrons. The van der Waals surface area contributed by atoms with Gasteiger partial charge in [-0.05, 0) is 32.0 Å². The van der Waals surface area contributed by atoms with Crippen LogP contribution in [-0.4, -0.2) is 93.1 Å². The molecule has 2 fully saturated rings. The summed E-state index contributed by atoms with van der Waals surface area (Å²) in [5.74, 6) is 0.208. The first-order valence-electron chi connectivity index (χ1n) is 11.4. The van der Waals surface area contributed by atoms with Gasteiger partial charge in [-0.2, -0.15) is 15.0 Å². The zero-order chi connectivity index (χ0) is 23.7. The maximum Gasteiger partial charge on any atom is 0.296 e. The molecule has 2 aliphatic heterocycles. The molecule has 34 heavy (non-hydrogen) atoms. The molecule has 0 unspecified atom stereocenters. The van der Waals surface area contributed by atoms with Gasteiger partial charge in [-0.1, -0.05) is 12.1 Å². The summed E-state index contributed by atoms with van der Waals surface area (Å²) in [5.41, 5.74) is 0.0203. The second kappa shape index (κ2) is 9.35. The van der Waals surface area contributed by atoms with Gasteiger partial charge in [-0.25, -0.2) is 13.8 Å². The lowest BCUT2D eigenvalue weighted by Crippen LogP contribution is -2.47. The van der Waals surface area contributed by atoms with E-state index in [1.807, 2.05) is 11.9 Å². The molecule has 0 atom stereocenters. The number of hydrogen-bond donors (Lipinski definition) is 2. The summed E-state index contributed by atoms with van der Waals surface area (Å²) in [4.78, 5) is 21.8. The maximum absolute atomic E-state index is 13.9. The minimum Gasteiger partial charge on any atom is -0.388 e. The fourth-order valence-corrected chi connectivity index (χ4v) is 4.29. The highest BCUT2D eigenvalue weighted by Gasteiger charge is 2.31. The molecular formula is C22H28F2N8O2. The van der Waals surface area contributed by atoms with Crippen LogP contribution in [0.3, 0.4) is 0 Å². The monoisotopic (exact) mass is 474 g/mol. The maximum atomic E-state index is 13.9. The van der Waals surface area contributed by atoms with E-state index in [9.17, 15) is 13.9 Å². The molecule has 0 bridgehead atoms. The Morgan fingerprint density at radius 2 is 1.74 bits per heavy atom. The molecule has 2 aliphatic rings. The van der Waals surface area contributed by atoms with Crippen LogP contribution in [0, 0.1) is 0 Å². The summed E-state index contributed by atoms with van der Waals surface area (Å²) in [5, 5.41) is 14.1. The van der Waals surface area contributed by atoms with Crippen molar-refractivity contribution in [3.05, 3.63) is 30.1 Å². The van der Waals surface area contributed by atoms with Gasteiger partial charge in [0.05, 0.1) is 29.8 Å². The van der Waals surface area contributed by atoms with Gasteiger partial charge in [0.25, 0.3) is 6.43 Å². The molecule has 2 aromatic heterocycles. The van der Waals surface area contributed by atoms with Crippen LogP contribution >= 0.6 is 0 Å². The Kier molecular flexibility index (Phi) is 6.28. The zero-order valence-corrected chi connectivity index (χ0v) is 19.0. The van der Waals surface area contributed by atoms with E-state index in [4.69, 9.17) is 4.74 Å². The molecule has 3 aromatic rings. The van der Waals surface area contributed by atoms with Crippen LogP contribution in [0.25, 0.3) is 17.0 Å². The minimum absolute atomic E-state index is 0.0540. The highest BCUT2D eigenvalue weighted by atomic mass is 19.3. The number of likely N-dealkylation sites (tertiary alicyclic amines) is 1. The van der Waals surface area contributed by atoms with E-state index >= 15 is 0 Å². The number of benzene rings is 1. The van der Waals surface area contributed by atoms with E-state index in [-0.39, 0.29) is 18.4 Å². The summed E-state index contributed by atoms with van der Waals surface area (Å²) in [6, 6.07) is 6.89. The molecule has 0 saturated carbocycles. The van der Waals surface area contributed by atoms with E-state index in [0.717, 1.165) is 13.1 Å². The van der Waals surface area contributed by atoms with Crippen LogP contribution in [0.5, 0.6) is 0 Å². The first-order valence-corrected chi connectivity index (χ1v) is 11.4. The van der Waals surface area contributed by atoms with Crippen molar-refractivity contribution in [3.8, 4) is 5.95 Å². The van der Waals surface area contributed by atoms with Gasteiger partial charge in [0, 0.05) is 32.7 Å². The predicted molar refractivity (Wildman–Crippen MR) is 123 cm³/mol. The van der Waals surface area contributed by atoms with Crippen LogP contribution in [0.4, 0.5) is 20.7 Å². The molecule has 1 aromatic carbocycles. The smallest absolute Gasteiger partial charge is 0.296 e. The van der Waals surface area contributed by atoms with Gasteiger partial charge >= 0.3 is 0 Å². The number of para-hydroxylation sites is 2. The second-order valence-electron chi connectivity index (χ2n) is 8.83. The van der Waals surface area contributed by atoms with Gasteiger partial charge in [0.15, 0.2) is 5.82 Å². The lowest BCUT2D eigenvalue weighted by Gasteiger charge is -2.36. The number of aromatic nitrogens is 5. The van der Waals surface area contributed by atoms with Gasteiger partial charge in [0.1, 0.15) is 0 Å². The molecule has 0 radical (unpaired) electrons. The number of fused-ring (bicyclic) bond motifs is 1. The lowest BCUT2D eigenvalue weighted by molar-refractivity contribution is -0.00416. The molecule has 10 nitrogen and oxygen atoms in total. The second-order valence-corrected chi connectivity index (χ2v) is 8.83. The Balaban J connectivity index is 1.53. The third kappa shape index (κ3) is 4.65. The molecule has 5 rings (SSSR count). The zero-order valence-electron chi connectivity index (χ0n) is 19.0. The highest BCUT2D eigenvalue weighted by Crippen LogP contribution is 2.28. The number of nitrogens with one attached hydrogen (secondary N) is 1. The van der Waals surface area contributed by atoms with Crippen LogP contribution < -0.4 is 10.2 Å². The number of piperidine rings is 1. The summed E-state index contributed by atoms with van der Waals surface area (Å²) in [7, 11) is 2.02. The normalized spacial score (nSPS) is 19.1. The quantitative estimate of drug-likeness (QED) is 0.554. The van der Waals surface area contributed by atoms with E-state index in [0.29, 0.717) is 56.1 Å². The molecular weight excluding hydrogens is 446 g/mol. The van der Waals surface area contributed by atoms with Gasteiger partial charge < -0.3 is 25.0 Å². The number of ether oxygens (including phenoxy) is 1.